The second kappa shape index (κ2) is 2.78. The molecule has 0 aromatic heterocycles. The average molecular weight is 206 g/mol. The monoisotopic (exact) mass is 206 g/mol. The minimum absolute atomic E-state index is 0.125. The number of nitrogens with one attached hydrogen (secondary N) is 1. The lowest BCUT2D eigenvalue weighted by Gasteiger charge is -2.61. The summed E-state index contributed by atoms with van der Waals surface area (Å²) in [5.74, 6) is 2.26. The van der Waals surface area contributed by atoms with Crippen LogP contribution in [0.15, 0.2) is 0 Å². The number of nitrogens with two attached hydrogens (primary N) is 1. The minimum atomic E-state index is 0.125. The van der Waals surface area contributed by atoms with E-state index in [2.05, 4.69) is 6.92 Å². The van der Waals surface area contributed by atoms with E-state index >= 15 is 0 Å². The van der Waals surface area contributed by atoms with E-state index in [0.717, 1.165) is 11.8 Å². The summed E-state index contributed by atoms with van der Waals surface area (Å²) >= 11 is 0. The molecule has 2 nitrogen and oxygen atoms in total. The second-order valence-corrected chi connectivity index (χ2v) is 6.51. The Kier molecular flexibility index (Phi) is 1.79. The summed E-state index contributed by atoms with van der Waals surface area (Å²) in [5.41, 5.74) is 6.58. The third-order valence-corrected chi connectivity index (χ3v) is 5.50. The van der Waals surface area contributed by atoms with Crippen molar-refractivity contribution in [3.05, 3.63) is 0 Å². The molecule has 2 atom stereocenters. The molecule has 0 aromatic rings. The van der Waals surface area contributed by atoms with Crippen molar-refractivity contribution >= 4 is 5.84 Å². The Morgan fingerprint density at radius 1 is 1.27 bits per heavy atom. The summed E-state index contributed by atoms with van der Waals surface area (Å²) in [7, 11) is 0. The predicted octanol–water partition coefficient (Wildman–Crippen LogP) is 2.92. The summed E-state index contributed by atoms with van der Waals surface area (Å²) in [4.78, 5) is 0. The van der Waals surface area contributed by atoms with Crippen LogP contribution in [0.3, 0.4) is 0 Å². The normalized spacial score (nSPS) is 52.1. The number of hydrogen-bond donors (Lipinski definition) is 2. The largest absolute Gasteiger partial charge is 0.387 e. The first kappa shape index (κ1) is 9.68. The molecule has 4 fully saturated rings. The van der Waals surface area contributed by atoms with E-state index in [-0.39, 0.29) is 5.41 Å². The van der Waals surface area contributed by atoms with Gasteiger partial charge in [0.15, 0.2) is 0 Å². The van der Waals surface area contributed by atoms with E-state index in [0.29, 0.717) is 11.3 Å². The molecule has 4 aliphatic carbocycles. The van der Waals surface area contributed by atoms with Gasteiger partial charge in [-0.25, -0.2) is 0 Å². The molecule has 4 rings (SSSR count). The Bertz CT molecular complexity index is 294. The topological polar surface area (TPSA) is 49.9 Å². The third kappa shape index (κ3) is 1.20. The van der Waals surface area contributed by atoms with Gasteiger partial charge in [-0.1, -0.05) is 13.3 Å². The van der Waals surface area contributed by atoms with E-state index in [4.69, 9.17) is 11.1 Å². The Labute approximate surface area is 92.1 Å². The summed E-state index contributed by atoms with van der Waals surface area (Å²) in [5, 5.41) is 7.91. The van der Waals surface area contributed by atoms with Gasteiger partial charge in [0.2, 0.25) is 0 Å². The van der Waals surface area contributed by atoms with E-state index in [1.165, 1.54) is 44.9 Å². The maximum atomic E-state index is 7.91. The SMILES string of the molecule is CCC12CC3CC(C1)CC(C(=N)N)(C3)C2. The molecule has 0 heterocycles. The lowest BCUT2D eigenvalue weighted by Crippen LogP contribution is -2.56. The third-order valence-electron chi connectivity index (χ3n) is 5.50. The van der Waals surface area contributed by atoms with Crippen LogP contribution in [-0.2, 0) is 0 Å². The van der Waals surface area contributed by atoms with Crippen molar-refractivity contribution in [2.24, 2.45) is 28.4 Å². The standard InChI is InChI=1S/C13H22N2/c1-2-12-4-9-3-10(5-12)7-13(6-9,8-12)11(14)15/h9-10H,2-8H2,1H3,(H3,14,15). The molecule has 0 aromatic carbocycles. The highest BCUT2D eigenvalue weighted by Gasteiger charge is 2.58. The van der Waals surface area contributed by atoms with Crippen molar-refractivity contribution in [2.45, 2.75) is 51.9 Å². The van der Waals surface area contributed by atoms with Crippen molar-refractivity contribution in [1.82, 2.24) is 0 Å². The molecule has 84 valence electrons. The fourth-order valence-corrected chi connectivity index (χ4v) is 5.18. The van der Waals surface area contributed by atoms with Gasteiger partial charge in [0.1, 0.15) is 0 Å². The van der Waals surface area contributed by atoms with Crippen LogP contribution in [0.5, 0.6) is 0 Å². The van der Waals surface area contributed by atoms with Gasteiger partial charge >= 0.3 is 0 Å². The van der Waals surface area contributed by atoms with Gasteiger partial charge < -0.3 is 5.73 Å². The molecule has 0 amide bonds. The van der Waals surface area contributed by atoms with Gasteiger partial charge in [-0.3, -0.25) is 5.41 Å². The zero-order valence-electron chi connectivity index (χ0n) is 9.68. The summed E-state index contributed by atoms with van der Waals surface area (Å²) in [6, 6.07) is 0. The molecule has 2 unspecified atom stereocenters. The van der Waals surface area contributed by atoms with Crippen molar-refractivity contribution in [2.75, 3.05) is 0 Å². The maximum Gasteiger partial charge on any atom is 0.0969 e. The van der Waals surface area contributed by atoms with E-state index in [9.17, 15) is 0 Å². The molecular formula is C13H22N2. The number of hydrogen-bond acceptors (Lipinski definition) is 1. The first-order valence-electron chi connectivity index (χ1n) is 6.42. The molecule has 4 saturated carbocycles. The smallest absolute Gasteiger partial charge is 0.0969 e. The lowest BCUT2D eigenvalue weighted by molar-refractivity contribution is -0.0808. The summed E-state index contributed by atoms with van der Waals surface area (Å²) in [6.45, 7) is 2.33. The highest BCUT2D eigenvalue weighted by Crippen LogP contribution is 2.66. The zero-order chi connectivity index (χ0) is 10.7. The molecule has 4 bridgehead atoms. The Morgan fingerprint density at radius 3 is 2.33 bits per heavy atom. The van der Waals surface area contributed by atoms with Crippen molar-refractivity contribution in [1.29, 1.82) is 5.41 Å². The fourth-order valence-electron chi connectivity index (χ4n) is 5.18. The van der Waals surface area contributed by atoms with Gasteiger partial charge in [0.25, 0.3) is 0 Å². The van der Waals surface area contributed by atoms with Gasteiger partial charge in [-0.15, -0.1) is 0 Å². The molecule has 3 N–H and O–H groups in total. The first-order chi connectivity index (χ1) is 7.07. The molecule has 4 aliphatic rings. The van der Waals surface area contributed by atoms with Crippen molar-refractivity contribution in [3.8, 4) is 0 Å². The minimum Gasteiger partial charge on any atom is -0.387 e. The second-order valence-electron chi connectivity index (χ2n) is 6.51. The highest BCUT2D eigenvalue weighted by atomic mass is 14.8. The highest BCUT2D eigenvalue weighted by molar-refractivity contribution is 5.84. The summed E-state index contributed by atoms with van der Waals surface area (Å²) in [6.07, 6.45) is 9.25. The van der Waals surface area contributed by atoms with E-state index in [1.807, 2.05) is 0 Å². The van der Waals surface area contributed by atoms with Gasteiger partial charge in [-0.2, -0.15) is 0 Å². The Hall–Kier alpha value is -0.530. The number of amidine groups is 1. The van der Waals surface area contributed by atoms with E-state index in [1.54, 1.807) is 0 Å². The Morgan fingerprint density at radius 2 is 1.87 bits per heavy atom. The van der Waals surface area contributed by atoms with Gasteiger partial charge in [0, 0.05) is 5.41 Å². The average Bonchev–Trinajstić information content (AvgIpc) is 2.15. The zero-order valence-corrected chi connectivity index (χ0v) is 9.68. The maximum absolute atomic E-state index is 7.91. The number of rotatable bonds is 2. The summed E-state index contributed by atoms with van der Waals surface area (Å²) < 4.78 is 0. The van der Waals surface area contributed by atoms with Crippen LogP contribution in [0.2, 0.25) is 0 Å². The van der Waals surface area contributed by atoms with Crippen LogP contribution in [0, 0.1) is 28.1 Å². The quantitative estimate of drug-likeness (QED) is 0.529. The van der Waals surface area contributed by atoms with Crippen LogP contribution >= 0.6 is 0 Å². The lowest BCUT2D eigenvalue weighted by atomic mass is 9.43. The molecular weight excluding hydrogens is 184 g/mol. The molecule has 2 heteroatoms. The van der Waals surface area contributed by atoms with Crippen LogP contribution in [0.4, 0.5) is 0 Å². The van der Waals surface area contributed by atoms with Crippen molar-refractivity contribution in [3.63, 3.8) is 0 Å². The van der Waals surface area contributed by atoms with Crippen LogP contribution in [0.1, 0.15) is 51.9 Å². The predicted molar refractivity (Wildman–Crippen MR) is 61.8 cm³/mol. The molecule has 0 aliphatic heterocycles. The van der Waals surface area contributed by atoms with Gasteiger partial charge in [-0.05, 0) is 55.8 Å². The fraction of sp³-hybridized carbons (Fsp3) is 0.923. The van der Waals surface area contributed by atoms with Crippen molar-refractivity contribution < 1.29 is 0 Å². The van der Waals surface area contributed by atoms with Gasteiger partial charge in [0.05, 0.1) is 5.84 Å². The molecule has 0 radical (unpaired) electrons. The van der Waals surface area contributed by atoms with Crippen LogP contribution < -0.4 is 5.73 Å². The Balaban J connectivity index is 1.99. The molecule has 15 heavy (non-hydrogen) atoms. The van der Waals surface area contributed by atoms with Crippen LogP contribution in [0.25, 0.3) is 0 Å². The first-order valence-corrected chi connectivity index (χ1v) is 6.42. The van der Waals surface area contributed by atoms with Crippen LogP contribution in [-0.4, -0.2) is 5.84 Å². The molecule has 0 saturated heterocycles. The van der Waals surface area contributed by atoms with E-state index < -0.39 is 0 Å². The molecule has 0 spiro atoms.